The molecule has 3 N–H and O–H groups in total. The Morgan fingerprint density at radius 2 is 1.86 bits per heavy atom. The number of fused-ring (bicyclic) bond motifs is 2. The molecule has 1 saturated carbocycles. The van der Waals surface area contributed by atoms with Crippen LogP contribution in [0.1, 0.15) is 12.8 Å². The molecule has 2 bridgehead atoms. The van der Waals surface area contributed by atoms with E-state index in [1.165, 1.54) is 12.8 Å². The van der Waals surface area contributed by atoms with Crippen molar-refractivity contribution in [2.24, 2.45) is 11.8 Å². The number of aromatic hydroxyl groups is 1. The number of aromatic nitrogens is 4. The molecule has 3 aromatic rings. The molecule has 5 rings (SSSR count). The Labute approximate surface area is 163 Å². The summed E-state index contributed by atoms with van der Waals surface area (Å²) in [6, 6.07) is 10.0. The van der Waals surface area contributed by atoms with Crippen molar-refractivity contribution in [3.63, 3.8) is 0 Å². The van der Waals surface area contributed by atoms with Crippen molar-refractivity contribution < 1.29 is 5.11 Å². The highest BCUT2D eigenvalue weighted by atomic mass is 16.3. The number of phenolic OH excluding ortho intramolecular Hbond substituents is 1. The van der Waals surface area contributed by atoms with Crippen LogP contribution in [0.25, 0.3) is 22.4 Å². The van der Waals surface area contributed by atoms with E-state index in [1.54, 1.807) is 18.5 Å². The van der Waals surface area contributed by atoms with E-state index in [4.69, 9.17) is 0 Å². The topological polar surface area (TPSA) is 90.0 Å². The van der Waals surface area contributed by atoms with Crippen LogP contribution < -0.4 is 10.2 Å². The Hall–Kier alpha value is -2.93. The van der Waals surface area contributed by atoms with Gasteiger partial charge < -0.3 is 15.3 Å². The number of aromatic amines is 1. The summed E-state index contributed by atoms with van der Waals surface area (Å²) >= 11 is 0. The Kier molecular flexibility index (Phi) is 4.24. The zero-order valence-corrected chi connectivity index (χ0v) is 15.8. The molecule has 144 valence electrons. The van der Waals surface area contributed by atoms with E-state index in [2.05, 4.69) is 37.7 Å². The van der Waals surface area contributed by atoms with Crippen molar-refractivity contribution >= 4 is 5.82 Å². The molecule has 7 heteroatoms. The number of piperidine rings is 1. The lowest BCUT2D eigenvalue weighted by Crippen LogP contribution is -2.50. The number of anilines is 1. The van der Waals surface area contributed by atoms with E-state index >= 15 is 0 Å². The summed E-state index contributed by atoms with van der Waals surface area (Å²) in [6.07, 6.45) is 6.10. The molecule has 28 heavy (non-hydrogen) atoms. The van der Waals surface area contributed by atoms with E-state index in [0.717, 1.165) is 30.0 Å². The number of hydrogen-bond acceptors (Lipinski definition) is 6. The maximum absolute atomic E-state index is 10.5. The van der Waals surface area contributed by atoms with Crippen LogP contribution in [0.3, 0.4) is 0 Å². The van der Waals surface area contributed by atoms with Gasteiger partial charge in [0.1, 0.15) is 5.75 Å². The van der Waals surface area contributed by atoms with Crippen molar-refractivity contribution in [3.8, 4) is 28.1 Å². The van der Waals surface area contributed by atoms with Gasteiger partial charge in [-0.05, 0) is 67.6 Å². The first-order chi connectivity index (χ1) is 13.7. The van der Waals surface area contributed by atoms with Crippen LogP contribution in [0.15, 0.2) is 42.7 Å². The number of rotatable bonds is 4. The normalized spacial score (nSPS) is 23.7. The lowest BCUT2D eigenvalue weighted by atomic mass is 9.92. The molecule has 0 unspecified atom stereocenters. The summed E-state index contributed by atoms with van der Waals surface area (Å²) in [6.45, 7) is 2.18. The van der Waals surface area contributed by atoms with Gasteiger partial charge in [-0.3, -0.25) is 5.10 Å². The fourth-order valence-electron chi connectivity index (χ4n) is 4.83. The molecule has 1 aliphatic carbocycles. The lowest BCUT2D eigenvalue weighted by molar-refractivity contribution is 0.312. The van der Waals surface area contributed by atoms with Gasteiger partial charge in [-0.25, -0.2) is 0 Å². The molecule has 1 aromatic carbocycles. The number of nitrogens with one attached hydrogen (secondary N) is 2. The summed E-state index contributed by atoms with van der Waals surface area (Å²) < 4.78 is 0. The molecular weight excluding hydrogens is 352 g/mol. The summed E-state index contributed by atoms with van der Waals surface area (Å²) in [4.78, 5) is 2.29. The second-order valence-corrected chi connectivity index (χ2v) is 7.85. The first-order valence-electron chi connectivity index (χ1n) is 9.80. The quantitative estimate of drug-likeness (QED) is 0.649. The van der Waals surface area contributed by atoms with Gasteiger partial charge in [0.15, 0.2) is 5.82 Å². The minimum atomic E-state index is 0.186. The molecular formula is C21H24N6O. The summed E-state index contributed by atoms with van der Waals surface area (Å²) in [5.74, 6) is 2.45. The fraction of sp³-hybridized carbons (Fsp3) is 0.381. The van der Waals surface area contributed by atoms with Gasteiger partial charge >= 0.3 is 0 Å². The number of benzene rings is 1. The average Bonchev–Trinajstić information content (AvgIpc) is 3.34. The molecule has 0 amide bonds. The van der Waals surface area contributed by atoms with Crippen LogP contribution in [0.2, 0.25) is 0 Å². The van der Waals surface area contributed by atoms with Crippen LogP contribution >= 0.6 is 0 Å². The first kappa shape index (κ1) is 17.2. The van der Waals surface area contributed by atoms with Crippen LogP contribution in [-0.2, 0) is 0 Å². The molecule has 3 heterocycles. The number of hydrogen-bond donors (Lipinski definition) is 3. The van der Waals surface area contributed by atoms with E-state index in [9.17, 15) is 5.11 Å². The minimum Gasteiger partial charge on any atom is -0.507 e. The van der Waals surface area contributed by atoms with Crippen LogP contribution in [-0.4, -0.2) is 51.7 Å². The molecule has 2 fully saturated rings. The third-order valence-electron chi connectivity index (χ3n) is 6.25. The largest absolute Gasteiger partial charge is 0.507 e. The summed E-state index contributed by atoms with van der Waals surface area (Å²) in [7, 11) is 2.13. The Balaban J connectivity index is 1.38. The van der Waals surface area contributed by atoms with Crippen molar-refractivity contribution in [2.45, 2.75) is 18.9 Å². The Morgan fingerprint density at radius 3 is 2.50 bits per heavy atom. The zero-order valence-electron chi connectivity index (χ0n) is 15.8. The summed E-state index contributed by atoms with van der Waals surface area (Å²) in [5.41, 5.74) is 3.18. The van der Waals surface area contributed by atoms with Gasteiger partial charge in [-0.15, -0.1) is 10.2 Å². The zero-order chi connectivity index (χ0) is 19.1. The predicted octanol–water partition coefficient (Wildman–Crippen LogP) is 2.67. The molecule has 0 spiro atoms. The van der Waals surface area contributed by atoms with E-state index in [0.29, 0.717) is 29.1 Å². The van der Waals surface area contributed by atoms with Crippen molar-refractivity contribution in [1.82, 2.24) is 25.7 Å². The number of phenols is 1. The van der Waals surface area contributed by atoms with Gasteiger partial charge in [0.25, 0.3) is 0 Å². The van der Waals surface area contributed by atoms with Gasteiger partial charge in [-0.1, -0.05) is 6.07 Å². The fourth-order valence-corrected chi connectivity index (χ4v) is 4.83. The van der Waals surface area contributed by atoms with E-state index < -0.39 is 0 Å². The molecule has 1 saturated heterocycles. The Morgan fingerprint density at radius 1 is 1.04 bits per heavy atom. The van der Waals surface area contributed by atoms with Gasteiger partial charge in [0.2, 0.25) is 0 Å². The molecule has 2 aromatic heterocycles. The molecule has 3 atom stereocenters. The average molecular weight is 376 g/mol. The highest BCUT2D eigenvalue weighted by molar-refractivity contribution is 5.73. The van der Waals surface area contributed by atoms with E-state index in [1.807, 2.05) is 24.3 Å². The standard InChI is InChI=1S/C21H24N6O/c1-27(21-14-2-3-15(21)10-22-9-14)20-7-6-18(25-26-20)17-5-4-13(8-19(17)28)16-11-23-24-12-16/h4-8,11-12,14-15,21-22,28H,2-3,9-10H2,1H3,(H,23,24)/t14-,15+,21-. The van der Waals surface area contributed by atoms with Gasteiger partial charge in [0.05, 0.1) is 11.9 Å². The highest BCUT2D eigenvalue weighted by Gasteiger charge is 2.41. The second-order valence-electron chi connectivity index (χ2n) is 7.85. The van der Waals surface area contributed by atoms with Crippen LogP contribution in [0, 0.1) is 11.8 Å². The highest BCUT2D eigenvalue weighted by Crippen LogP contribution is 2.38. The lowest BCUT2D eigenvalue weighted by Gasteiger charge is -2.38. The molecule has 2 aliphatic rings. The Bertz CT molecular complexity index is 940. The maximum Gasteiger partial charge on any atom is 0.151 e. The monoisotopic (exact) mass is 376 g/mol. The minimum absolute atomic E-state index is 0.186. The molecule has 0 radical (unpaired) electrons. The SMILES string of the molecule is CN(c1ccc(-c2ccc(-c3cn[nH]c3)cc2O)nn1)[C@@H]1[C@@H]2CC[C@H]1CNC2. The second kappa shape index (κ2) is 6.91. The number of H-pyrrole nitrogens is 1. The van der Waals surface area contributed by atoms with Crippen molar-refractivity contribution in [2.75, 3.05) is 25.0 Å². The smallest absolute Gasteiger partial charge is 0.151 e. The van der Waals surface area contributed by atoms with Crippen LogP contribution in [0.5, 0.6) is 5.75 Å². The number of nitrogens with zero attached hydrogens (tertiary/aromatic N) is 4. The predicted molar refractivity (Wildman–Crippen MR) is 108 cm³/mol. The van der Waals surface area contributed by atoms with Gasteiger partial charge in [0, 0.05) is 30.4 Å². The molecule has 1 aliphatic heterocycles. The van der Waals surface area contributed by atoms with Crippen molar-refractivity contribution in [3.05, 3.63) is 42.7 Å². The third-order valence-corrected chi connectivity index (χ3v) is 6.25. The molecule has 7 nitrogen and oxygen atoms in total. The maximum atomic E-state index is 10.5. The summed E-state index contributed by atoms with van der Waals surface area (Å²) in [5, 5.41) is 29.6. The van der Waals surface area contributed by atoms with Crippen LogP contribution in [0.4, 0.5) is 5.82 Å². The first-order valence-corrected chi connectivity index (χ1v) is 9.80. The van der Waals surface area contributed by atoms with Gasteiger partial charge in [-0.2, -0.15) is 5.10 Å². The third kappa shape index (κ3) is 2.92. The van der Waals surface area contributed by atoms with E-state index in [-0.39, 0.29) is 5.75 Å². The van der Waals surface area contributed by atoms with Crippen molar-refractivity contribution in [1.29, 1.82) is 0 Å².